The van der Waals surface area contributed by atoms with Crippen LogP contribution in [0.3, 0.4) is 0 Å². The molecule has 0 bridgehead atoms. The van der Waals surface area contributed by atoms with Crippen molar-refractivity contribution in [3.8, 4) is 22.3 Å². The highest BCUT2D eigenvalue weighted by Gasteiger charge is 2.04. The van der Waals surface area contributed by atoms with E-state index in [9.17, 15) is 0 Å². The van der Waals surface area contributed by atoms with Crippen molar-refractivity contribution in [3.05, 3.63) is 89.1 Å². The van der Waals surface area contributed by atoms with Gasteiger partial charge in [0.05, 0.1) is 10.4 Å². The molecule has 32 heavy (non-hydrogen) atoms. The fraction of sp³-hybridized carbons (Fsp3) is 0.276. The zero-order valence-electron chi connectivity index (χ0n) is 19.5. The molecular formula is C29H32N2S. The number of hydrogen-bond donors (Lipinski definition) is 0. The monoisotopic (exact) mass is 440 g/mol. The number of nitrogens with zero attached hydrogens (tertiary/aromatic N) is 2. The Balaban J connectivity index is 1.63. The van der Waals surface area contributed by atoms with Gasteiger partial charge in [-0.2, -0.15) is 0 Å². The van der Waals surface area contributed by atoms with Gasteiger partial charge in [0.15, 0.2) is 0 Å². The number of allylic oxidation sites excluding steroid dienone is 1. The molecule has 0 saturated carbocycles. The van der Waals surface area contributed by atoms with Gasteiger partial charge in [0.2, 0.25) is 0 Å². The number of aromatic nitrogens is 1. The normalized spacial score (nSPS) is 11.9. The summed E-state index contributed by atoms with van der Waals surface area (Å²) in [6, 6.07) is 17.4. The summed E-state index contributed by atoms with van der Waals surface area (Å²) in [5.41, 5.74) is 6.86. The molecule has 3 rings (SSSR count). The molecule has 0 aliphatic carbocycles. The molecule has 0 aliphatic rings. The SMILES string of the molecule is CCN(CC=CC#CC(C)(C)C)Cc1cccc(C=Cc2cccc(-c3cncs3)c2)c1. The molecule has 0 spiro atoms. The smallest absolute Gasteiger partial charge is 0.0797 e. The van der Waals surface area contributed by atoms with E-state index in [0.717, 1.165) is 19.6 Å². The van der Waals surface area contributed by atoms with Gasteiger partial charge in [0.1, 0.15) is 0 Å². The summed E-state index contributed by atoms with van der Waals surface area (Å²) in [7, 11) is 0. The Bertz CT molecular complexity index is 1110. The molecule has 0 fully saturated rings. The van der Waals surface area contributed by atoms with Crippen LogP contribution in [0.1, 0.15) is 44.4 Å². The van der Waals surface area contributed by atoms with E-state index < -0.39 is 0 Å². The molecule has 3 heteroatoms. The lowest BCUT2D eigenvalue weighted by Crippen LogP contribution is -2.22. The van der Waals surface area contributed by atoms with Crippen LogP contribution in [0, 0.1) is 17.3 Å². The zero-order valence-corrected chi connectivity index (χ0v) is 20.3. The maximum absolute atomic E-state index is 4.19. The van der Waals surface area contributed by atoms with Crippen LogP contribution in [0.4, 0.5) is 0 Å². The van der Waals surface area contributed by atoms with Crippen LogP contribution in [0.15, 0.2) is 72.4 Å². The number of hydrogen-bond acceptors (Lipinski definition) is 3. The number of rotatable bonds is 8. The third-order valence-corrected chi connectivity index (χ3v) is 5.71. The van der Waals surface area contributed by atoms with Crippen molar-refractivity contribution in [1.82, 2.24) is 9.88 Å². The van der Waals surface area contributed by atoms with Gasteiger partial charge in [-0.25, -0.2) is 0 Å². The third-order valence-electron chi connectivity index (χ3n) is 4.89. The Morgan fingerprint density at radius 3 is 2.47 bits per heavy atom. The van der Waals surface area contributed by atoms with E-state index >= 15 is 0 Å². The van der Waals surface area contributed by atoms with E-state index in [0.29, 0.717) is 0 Å². The van der Waals surface area contributed by atoms with Crippen molar-refractivity contribution >= 4 is 23.5 Å². The van der Waals surface area contributed by atoms with Crippen molar-refractivity contribution < 1.29 is 0 Å². The van der Waals surface area contributed by atoms with Gasteiger partial charge < -0.3 is 0 Å². The summed E-state index contributed by atoms with van der Waals surface area (Å²) in [6.45, 7) is 11.4. The molecule has 3 aromatic rings. The minimum Gasteiger partial charge on any atom is -0.296 e. The molecular weight excluding hydrogens is 408 g/mol. The van der Waals surface area contributed by atoms with Gasteiger partial charge in [0.25, 0.3) is 0 Å². The van der Waals surface area contributed by atoms with E-state index in [1.807, 2.05) is 17.8 Å². The van der Waals surface area contributed by atoms with Gasteiger partial charge in [0, 0.05) is 24.7 Å². The molecule has 0 unspecified atom stereocenters. The highest BCUT2D eigenvalue weighted by atomic mass is 32.1. The Kier molecular flexibility index (Phi) is 8.62. The van der Waals surface area contributed by atoms with Gasteiger partial charge in [-0.05, 0) is 61.7 Å². The Morgan fingerprint density at radius 2 is 1.78 bits per heavy atom. The second kappa shape index (κ2) is 11.6. The van der Waals surface area contributed by atoms with E-state index in [1.165, 1.54) is 27.1 Å². The largest absolute Gasteiger partial charge is 0.296 e. The van der Waals surface area contributed by atoms with Crippen LogP contribution in [0.5, 0.6) is 0 Å². The van der Waals surface area contributed by atoms with E-state index in [2.05, 4.69) is 116 Å². The summed E-state index contributed by atoms with van der Waals surface area (Å²) in [5, 5.41) is 0. The molecule has 1 heterocycles. The second-order valence-electron chi connectivity index (χ2n) is 8.82. The van der Waals surface area contributed by atoms with Crippen molar-refractivity contribution in [2.45, 2.75) is 34.2 Å². The minimum absolute atomic E-state index is 0.0468. The number of likely N-dealkylation sites (N-methyl/N-ethyl adjacent to an activating group) is 1. The summed E-state index contributed by atoms with van der Waals surface area (Å²) in [6.07, 6.45) is 10.4. The average molecular weight is 441 g/mol. The van der Waals surface area contributed by atoms with Crippen LogP contribution in [-0.4, -0.2) is 23.0 Å². The molecule has 0 radical (unpaired) electrons. The first-order valence-corrected chi connectivity index (χ1v) is 12.0. The Labute approximate surface area is 197 Å². The van der Waals surface area contributed by atoms with Gasteiger partial charge in [-0.1, -0.05) is 79.5 Å². The Hall–Kier alpha value is -2.93. The first-order valence-electron chi connectivity index (χ1n) is 11.1. The van der Waals surface area contributed by atoms with Crippen LogP contribution in [0.2, 0.25) is 0 Å². The fourth-order valence-corrected chi connectivity index (χ4v) is 3.84. The van der Waals surface area contributed by atoms with Crippen LogP contribution >= 0.6 is 11.3 Å². The molecule has 2 aromatic carbocycles. The molecule has 2 nitrogen and oxygen atoms in total. The van der Waals surface area contributed by atoms with Gasteiger partial charge in [-0.3, -0.25) is 9.88 Å². The lowest BCUT2D eigenvalue weighted by molar-refractivity contribution is 0.311. The molecule has 0 atom stereocenters. The quantitative estimate of drug-likeness (QED) is 0.268. The Morgan fingerprint density at radius 1 is 1.03 bits per heavy atom. The molecule has 0 N–H and O–H groups in total. The number of thiazole rings is 1. The molecule has 1 aromatic heterocycles. The third kappa shape index (κ3) is 7.96. The van der Waals surface area contributed by atoms with E-state index in [4.69, 9.17) is 0 Å². The van der Waals surface area contributed by atoms with E-state index in [-0.39, 0.29) is 5.41 Å². The standard InChI is InChI=1S/C29H32N2S/c1-5-31(18-8-6-7-17-29(2,3)4)22-26-13-9-11-24(19-26)15-16-25-12-10-14-27(20-25)28-21-30-23-32-28/h6,8-16,19-21,23H,5,18,22H2,1-4H3. The fourth-order valence-electron chi connectivity index (χ4n) is 3.22. The highest BCUT2D eigenvalue weighted by molar-refractivity contribution is 7.13. The summed E-state index contributed by atoms with van der Waals surface area (Å²) < 4.78 is 0. The predicted octanol–water partition coefficient (Wildman–Crippen LogP) is 7.41. The maximum Gasteiger partial charge on any atom is 0.0797 e. The van der Waals surface area contributed by atoms with E-state index in [1.54, 1.807) is 11.3 Å². The van der Waals surface area contributed by atoms with Crippen molar-refractivity contribution in [1.29, 1.82) is 0 Å². The van der Waals surface area contributed by atoms with Gasteiger partial charge >= 0.3 is 0 Å². The van der Waals surface area contributed by atoms with Crippen molar-refractivity contribution in [2.75, 3.05) is 13.1 Å². The lowest BCUT2D eigenvalue weighted by atomic mass is 9.98. The molecule has 0 saturated heterocycles. The zero-order chi connectivity index (χ0) is 22.8. The van der Waals surface area contributed by atoms with Crippen molar-refractivity contribution in [3.63, 3.8) is 0 Å². The predicted molar refractivity (Wildman–Crippen MR) is 140 cm³/mol. The van der Waals surface area contributed by atoms with Crippen molar-refractivity contribution in [2.24, 2.45) is 5.41 Å². The van der Waals surface area contributed by atoms with Crippen LogP contribution in [0.25, 0.3) is 22.6 Å². The first kappa shape index (κ1) is 23.7. The van der Waals surface area contributed by atoms with Crippen LogP contribution < -0.4 is 0 Å². The second-order valence-corrected chi connectivity index (χ2v) is 9.71. The highest BCUT2D eigenvalue weighted by Crippen LogP contribution is 2.24. The topological polar surface area (TPSA) is 16.1 Å². The summed E-state index contributed by atoms with van der Waals surface area (Å²) in [4.78, 5) is 7.79. The summed E-state index contributed by atoms with van der Waals surface area (Å²) in [5.74, 6) is 6.40. The molecule has 164 valence electrons. The van der Waals surface area contributed by atoms with Gasteiger partial charge in [-0.15, -0.1) is 11.3 Å². The first-order chi connectivity index (χ1) is 15.4. The number of benzene rings is 2. The molecule has 0 aliphatic heterocycles. The lowest BCUT2D eigenvalue weighted by Gasteiger charge is -2.18. The molecule has 0 amide bonds. The van der Waals surface area contributed by atoms with Crippen LogP contribution in [-0.2, 0) is 6.54 Å². The average Bonchev–Trinajstić information content (AvgIpc) is 3.31. The minimum atomic E-state index is 0.0468. The summed E-state index contributed by atoms with van der Waals surface area (Å²) >= 11 is 1.67. The maximum atomic E-state index is 4.19.